The number of halogens is 1. The molecule has 0 aliphatic heterocycles. The first-order chi connectivity index (χ1) is 25.0. The zero-order chi connectivity index (χ0) is 39.8. The van der Waals surface area contributed by atoms with E-state index in [-0.39, 0.29) is 63.8 Å². The number of carbonyl (C=O) groups excluding carboxylic acids is 3. The number of aromatic nitrogens is 1. The van der Waals surface area contributed by atoms with Crippen LogP contribution in [0.1, 0.15) is 145 Å². The van der Waals surface area contributed by atoms with Crippen molar-refractivity contribution in [2.45, 2.75) is 146 Å². The summed E-state index contributed by atoms with van der Waals surface area (Å²) < 4.78 is 6.16. The number of aliphatic carboxylic acids is 1. The van der Waals surface area contributed by atoms with Crippen molar-refractivity contribution >= 4 is 35.2 Å². The third-order valence-corrected chi connectivity index (χ3v) is 16.2. The summed E-state index contributed by atoms with van der Waals surface area (Å²) in [7, 11) is 0. The highest BCUT2D eigenvalue weighted by Crippen LogP contribution is 2.77. The zero-order valence-electron chi connectivity index (χ0n) is 34.2. The van der Waals surface area contributed by atoms with Gasteiger partial charge in [-0.1, -0.05) is 66.1 Å². The minimum Gasteiger partial charge on any atom is -0.481 e. The standard InChI is InChI=1S/C45H63ClN2O6/c1-26(2)37-31(49)23-45(20-17-35(50)48-27(3)30-13-11-28(46)25-47-30)22-21-43(9)29(38(37)45)12-14-33-42(8)18-16-34(54-36(51)24-40(4,5)39(52)53)41(6,7)32(42)15-19-44(33,43)10/h11,13,17,20,25-27,29,32-34H,12,14-16,18-19,21-24H2,1-10H3,(H,48,50)(H,52,53)/t27-,29-,32+,33-,34+,42+,43-,44-,45+/m1/s1. The third-order valence-electron chi connectivity index (χ3n) is 16.0. The minimum atomic E-state index is -1.17. The van der Waals surface area contributed by atoms with Gasteiger partial charge < -0.3 is 15.2 Å². The van der Waals surface area contributed by atoms with Crippen molar-refractivity contribution in [1.82, 2.24) is 10.3 Å². The molecule has 0 aromatic carbocycles. The summed E-state index contributed by atoms with van der Waals surface area (Å²) in [5.41, 5.74) is 1.22. The van der Waals surface area contributed by atoms with Gasteiger partial charge >= 0.3 is 11.9 Å². The average Bonchev–Trinajstić information content (AvgIpc) is 3.37. The number of pyridine rings is 1. The largest absolute Gasteiger partial charge is 0.481 e. The van der Waals surface area contributed by atoms with Crippen LogP contribution in [-0.2, 0) is 23.9 Å². The Kier molecular flexibility index (Phi) is 10.5. The molecule has 4 fully saturated rings. The first-order valence-electron chi connectivity index (χ1n) is 20.3. The molecule has 5 aliphatic carbocycles. The number of allylic oxidation sites excluding steroid dienone is 3. The maximum atomic E-state index is 14.0. The number of ether oxygens (including phenoxy) is 1. The lowest BCUT2D eigenvalue weighted by atomic mass is 9.33. The van der Waals surface area contributed by atoms with Gasteiger partial charge in [0.15, 0.2) is 5.78 Å². The second kappa shape index (κ2) is 13.9. The fourth-order valence-corrected chi connectivity index (χ4v) is 13.0. The van der Waals surface area contributed by atoms with E-state index < -0.39 is 22.8 Å². The molecule has 6 rings (SSSR count). The first kappa shape index (κ1) is 40.7. The van der Waals surface area contributed by atoms with Gasteiger partial charge in [0.2, 0.25) is 5.91 Å². The van der Waals surface area contributed by atoms with Crippen LogP contribution >= 0.6 is 11.6 Å². The first-order valence-corrected chi connectivity index (χ1v) is 20.7. The number of Topliss-reactive ketones (excluding diaryl/α,β-unsaturated/α-hetero) is 1. The highest BCUT2D eigenvalue weighted by atomic mass is 35.5. The van der Waals surface area contributed by atoms with E-state index in [9.17, 15) is 24.3 Å². The van der Waals surface area contributed by atoms with Gasteiger partial charge in [0.25, 0.3) is 0 Å². The summed E-state index contributed by atoms with van der Waals surface area (Å²) in [6.45, 7) is 21.5. The summed E-state index contributed by atoms with van der Waals surface area (Å²) in [5.74, 6) is -0.191. The Morgan fingerprint density at radius 2 is 1.69 bits per heavy atom. The number of nitrogens with one attached hydrogen (secondary N) is 1. The van der Waals surface area contributed by atoms with E-state index in [1.807, 2.05) is 13.0 Å². The van der Waals surface area contributed by atoms with E-state index in [2.05, 4.69) is 64.8 Å². The second-order valence-electron chi connectivity index (χ2n) is 20.0. The Morgan fingerprint density at radius 3 is 2.31 bits per heavy atom. The monoisotopic (exact) mass is 762 g/mol. The molecule has 1 aromatic heterocycles. The van der Waals surface area contributed by atoms with E-state index in [0.29, 0.717) is 23.3 Å². The van der Waals surface area contributed by atoms with Gasteiger partial charge in [0, 0.05) is 23.4 Å². The molecule has 2 N–H and O–H groups in total. The van der Waals surface area contributed by atoms with Crippen molar-refractivity contribution in [1.29, 1.82) is 0 Å². The Balaban J connectivity index is 1.26. The number of nitrogens with zero attached hydrogens (tertiary/aromatic N) is 1. The second-order valence-corrected chi connectivity index (χ2v) is 20.5. The fraction of sp³-hybridized carbons (Fsp3) is 0.711. The summed E-state index contributed by atoms with van der Waals surface area (Å²) in [6, 6.07) is 3.30. The molecule has 9 heteroatoms. The predicted molar refractivity (Wildman–Crippen MR) is 210 cm³/mol. The predicted octanol–water partition coefficient (Wildman–Crippen LogP) is 9.86. The summed E-state index contributed by atoms with van der Waals surface area (Å²) in [4.78, 5) is 56.6. The molecule has 1 amide bonds. The zero-order valence-corrected chi connectivity index (χ0v) is 35.0. The van der Waals surface area contributed by atoms with E-state index in [4.69, 9.17) is 16.3 Å². The van der Waals surface area contributed by atoms with E-state index in [0.717, 1.165) is 62.6 Å². The number of esters is 1. The molecule has 5 aliphatic rings. The lowest BCUT2D eigenvalue weighted by molar-refractivity contribution is -0.232. The SMILES string of the molecule is CC(C)C1=C2[C@H]3CC[C@@H]4[C@@]5(C)CC[C@H](OC(=O)CC(C)(C)C(=O)O)C(C)(C)[C@@H]5CC[C@@]4(C)[C@]3(C)CC[C@@]2(C=CC(=O)N[C@H](C)c2ccc(Cl)cn2)CC1=O. The molecule has 9 atom stereocenters. The van der Waals surface area contributed by atoms with Crippen LogP contribution in [0.25, 0.3) is 0 Å². The van der Waals surface area contributed by atoms with Gasteiger partial charge in [-0.05, 0) is 141 Å². The van der Waals surface area contributed by atoms with Crippen LogP contribution < -0.4 is 5.32 Å². The normalized spacial score (nSPS) is 36.6. The van der Waals surface area contributed by atoms with Crippen molar-refractivity contribution in [2.75, 3.05) is 0 Å². The van der Waals surface area contributed by atoms with Gasteiger partial charge in [-0.15, -0.1) is 0 Å². The van der Waals surface area contributed by atoms with Crippen LogP contribution in [0.5, 0.6) is 0 Å². The molecular weight excluding hydrogens is 700 g/mol. The maximum Gasteiger partial charge on any atom is 0.309 e. The number of rotatable bonds is 9. The van der Waals surface area contributed by atoms with Crippen LogP contribution in [0.3, 0.4) is 0 Å². The number of amides is 1. The highest BCUT2D eigenvalue weighted by molar-refractivity contribution is 6.30. The summed E-state index contributed by atoms with van der Waals surface area (Å²) >= 11 is 6.03. The fourth-order valence-electron chi connectivity index (χ4n) is 12.9. The number of hydrogen-bond donors (Lipinski definition) is 2. The lowest BCUT2D eigenvalue weighted by Gasteiger charge is -2.72. The Bertz CT molecular complexity index is 1760. The molecule has 0 saturated heterocycles. The van der Waals surface area contributed by atoms with Crippen LogP contribution in [0.4, 0.5) is 0 Å². The molecule has 0 spiro atoms. The smallest absolute Gasteiger partial charge is 0.309 e. The van der Waals surface area contributed by atoms with E-state index in [1.54, 1.807) is 32.2 Å². The van der Waals surface area contributed by atoms with Gasteiger partial charge in [0.1, 0.15) is 6.10 Å². The molecule has 8 nitrogen and oxygen atoms in total. The lowest BCUT2D eigenvalue weighted by Crippen LogP contribution is -2.65. The number of carboxylic acid groups (broad SMARTS) is 1. The number of fused-ring (bicyclic) bond motifs is 7. The van der Waals surface area contributed by atoms with Crippen molar-refractivity contribution < 1.29 is 29.0 Å². The van der Waals surface area contributed by atoms with Crippen LogP contribution in [0, 0.1) is 56.2 Å². The quantitative estimate of drug-likeness (QED) is 0.190. The third kappa shape index (κ3) is 6.48. The summed E-state index contributed by atoms with van der Waals surface area (Å²) in [5, 5.41) is 13.2. The number of carboxylic acids is 1. The Hall–Kier alpha value is -3.00. The van der Waals surface area contributed by atoms with Crippen LogP contribution in [0.2, 0.25) is 5.02 Å². The van der Waals surface area contributed by atoms with E-state index >= 15 is 0 Å². The van der Waals surface area contributed by atoms with Gasteiger partial charge in [-0.25, -0.2) is 0 Å². The molecule has 296 valence electrons. The van der Waals surface area contributed by atoms with Gasteiger partial charge in [-0.3, -0.25) is 24.2 Å². The Labute approximate surface area is 327 Å². The van der Waals surface area contributed by atoms with Crippen molar-refractivity contribution in [3.8, 4) is 0 Å². The minimum absolute atomic E-state index is 0.0196. The molecule has 0 bridgehead atoms. The maximum absolute atomic E-state index is 14.0. The molecular formula is C45H63ClN2O6. The van der Waals surface area contributed by atoms with Crippen LogP contribution in [0.15, 0.2) is 41.6 Å². The Morgan fingerprint density at radius 1 is 0.981 bits per heavy atom. The highest BCUT2D eigenvalue weighted by Gasteiger charge is 2.70. The van der Waals surface area contributed by atoms with Gasteiger partial charge in [-0.2, -0.15) is 0 Å². The molecule has 0 radical (unpaired) electrons. The molecule has 4 saturated carbocycles. The molecule has 54 heavy (non-hydrogen) atoms. The van der Waals surface area contributed by atoms with Crippen LogP contribution in [-0.4, -0.2) is 39.8 Å². The van der Waals surface area contributed by atoms with Crippen molar-refractivity contribution in [3.05, 3.63) is 52.3 Å². The molecule has 1 heterocycles. The molecule has 0 unspecified atom stereocenters. The topological polar surface area (TPSA) is 123 Å². The number of ketones is 1. The molecule has 1 aromatic rings. The number of hydrogen-bond acceptors (Lipinski definition) is 6. The van der Waals surface area contributed by atoms with Crippen molar-refractivity contribution in [3.63, 3.8) is 0 Å². The number of carbonyl (C=O) groups is 4. The van der Waals surface area contributed by atoms with E-state index in [1.165, 1.54) is 5.57 Å². The van der Waals surface area contributed by atoms with Crippen molar-refractivity contribution in [2.24, 2.45) is 56.2 Å². The average molecular weight is 763 g/mol. The summed E-state index contributed by atoms with van der Waals surface area (Å²) in [6.07, 6.45) is 13.1. The van der Waals surface area contributed by atoms with Gasteiger partial charge in [0.05, 0.1) is 28.6 Å².